The zero-order chi connectivity index (χ0) is 8.43. The molecule has 0 saturated heterocycles. The summed E-state index contributed by atoms with van der Waals surface area (Å²) in [7, 11) is 0. The second kappa shape index (κ2) is 3.21. The number of hydrogen-bond donors (Lipinski definition) is 0. The van der Waals surface area contributed by atoms with Gasteiger partial charge >= 0.3 is 0 Å². The van der Waals surface area contributed by atoms with Crippen molar-refractivity contribution in [2.24, 2.45) is 5.92 Å². The summed E-state index contributed by atoms with van der Waals surface area (Å²) in [5.41, 5.74) is 2.40. The van der Waals surface area contributed by atoms with E-state index in [9.17, 15) is 4.79 Å². The van der Waals surface area contributed by atoms with Gasteiger partial charge in [0.25, 0.3) is 0 Å². The summed E-state index contributed by atoms with van der Waals surface area (Å²) in [4.78, 5) is 11.4. The Labute approximate surface area is 68.5 Å². The van der Waals surface area contributed by atoms with Gasteiger partial charge in [0.05, 0.1) is 0 Å². The third-order valence-electron chi connectivity index (χ3n) is 2.65. The summed E-state index contributed by atoms with van der Waals surface area (Å²) in [5, 5.41) is 0. The van der Waals surface area contributed by atoms with E-state index in [4.69, 9.17) is 0 Å². The van der Waals surface area contributed by atoms with Gasteiger partial charge in [-0.25, -0.2) is 0 Å². The first-order valence-corrected chi connectivity index (χ1v) is 4.39. The van der Waals surface area contributed by atoms with E-state index < -0.39 is 0 Å². The Bertz CT molecular complexity index is 201. The Kier molecular flexibility index (Phi) is 2.48. The van der Waals surface area contributed by atoms with Crippen molar-refractivity contribution in [3.63, 3.8) is 0 Å². The molecule has 0 spiro atoms. The van der Waals surface area contributed by atoms with Crippen LogP contribution in [0.4, 0.5) is 0 Å². The quantitative estimate of drug-likeness (QED) is 0.564. The molecule has 0 amide bonds. The van der Waals surface area contributed by atoms with Crippen LogP contribution in [-0.4, -0.2) is 5.78 Å². The SMILES string of the molecule is CCC1=C(C)C(=O)C(C)CC1. The average molecular weight is 152 g/mol. The number of hydrogen-bond acceptors (Lipinski definition) is 1. The van der Waals surface area contributed by atoms with Crippen LogP contribution in [0, 0.1) is 5.92 Å². The molecule has 62 valence electrons. The van der Waals surface area contributed by atoms with Gasteiger partial charge in [-0.3, -0.25) is 4.79 Å². The molecule has 11 heavy (non-hydrogen) atoms. The fraction of sp³-hybridized carbons (Fsp3) is 0.700. The van der Waals surface area contributed by atoms with Crippen LogP contribution in [0.15, 0.2) is 11.1 Å². The normalized spacial score (nSPS) is 26.1. The maximum absolute atomic E-state index is 11.4. The number of rotatable bonds is 1. The van der Waals surface area contributed by atoms with Crippen molar-refractivity contribution >= 4 is 5.78 Å². The van der Waals surface area contributed by atoms with Crippen molar-refractivity contribution in [1.82, 2.24) is 0 Å². The van der Waals surface area contributed by atoms with E-state index in [2.05, 4.69) is 6.92 Å². The largest absolute Gasteiger partial charge is 0.294 e. The third-order valence-corrected chi connectivity index (χ3v) is 2.65. The zero-order valence-corrected chi connectivity index (χ0v) is 7.61. The van der Waals surface area contributed by atoms with Crippen molar-refractivity contribution < 1.29 is 4.79 Å². The van der Waals surface area contributed by atoms with Crippen LogP contribution in [0.5, 0.6) is 0 Å². The summed E-state index contributed by atoms with van der Waals surface area (Å²) in [6.45, 7) is 6.12. The second-order valence-corrected chi connectivity index (χ2v) is 3.39. The first-order chi connectivity index (χ1) is 5.16. The van der Waals surface area contributed by atoms with Crippen LogP contribution in [0.25, 0.3) is 0 Å². The Hall–Kier alpha value is -0.590. The lowest BCUT2D eigenvalue weighted by molar-refractivity contribution is -0.119. The van der Waals surface area contributed by atoms with E-state index in [1.165, 1.54) is 5.57 Å². The summed E-state index contributed by atoms with van der Waals surface area (Å²) in [6, 6.07) is 0. The highest BCUT2D eigenvalue weighted by molar-refractivity contribution is 5.97. The van der Waals surface area contributed by atoms with Gasteiger partial charge in [0, 0.05) is 5.92 Å². The molecule has 1 unspecified atom stereocenters. The van der Waals surface area contributed by atoms with Gasteiger partial charge in [-0.05, 0) is 31.8 Å². The van der Waals surface area contributed by atoms with Crippen molar-refractivity contribution in [1.29, 1.82) is 0 Å². The first kappa shape index (κ1) is 8.51. The highest BCUT2D eigenvalue weighted by atomic mass is 16.1. The Morgan fingerprint density at radius 1 is 1.55 bits per heavy atom. The smallest absolute Gasteiger partial charge is 0.161 e. The summed E-state index contributed by atoms with van der Waals surface area (Å²) < 4.78 is 0. The van der Waals surface area contributed by atoms with Crippen LogP contribution >= 0.6 is 0 Å². The maximum Gasteiger partial charge on any atom is 0.161 e. The van der Waals surface area contributed by atoms with Gasteiger partial charge in [-0.15, -0.1) is 0 Å². The summed E-state index contributed by atoms with van der Waals surface area (Å²) in [5.74, 6) is 0.637. The van der Waals surface area contributed by atoms with Crippen molar-refractivity contribution in [2.75, 3.05) is 0 Å². The van der Waals surface area contributed by atoms with E-state index in [0.29, 0.717) is 5.78 Å². The Morgan fingerprint density at radius 3 is 2.73 bits per heavy atom. The molecule has 0 aromatic rings. The van der Waals surface area contributed by atoms with E-state index in [-0.39, 0.29) is 5.92 Å². The molecule has 0 heterocycles. The molecule has 1 aliphatic carbocycles. The van der Waals surface area contributed by atoms with Gasteiger partial charge in [0.15, 0.2) is 5.78 Å². The van der Waals surface area contributed by atoms with Crippen LogP contribution in [0.2, 0.25) is 0 Å². The molecule has 0 aliphatic heterocycles. The van der Waals surface area contributed by atoms with Crippen LogP contribution in [0.1, 0.15) is 40.0 Å². The molecule has 0 fully saturated rings. The van der Waals surface area contributed by atoms with E-state index in [1.807, 2.05) is 13.8 Å². The van der Waals surface area contributed by atoms with Gasteiger partial charge in [-0.2, -0.15) is 0 Å². The lowest BCUT2D eigenvalue weighted by Gasteiger charge is -2.20. The Morgan fingerprint density at radius 2 is 2.18 bits per heavy atom. The van der Waals surface area contributed by atoms with Gasteiger partial charge < -0.3 is 0 Å². The lowest BCUT2D eigenvalue weighted by Crippen LogP contribution is -2.18. The fourth-order valence-electron chi connectivity index (χ4n) is 1.70. The van der Waals surface area contributed by atoms with Gasteiger partial charge in [-0.1, -0.05) is 19.4 Å². The molecule has 0 radical (unpaired) electrons. The number of allylic oxidation sites excluding steroid dienone is 2. The van der Waals surface area contributed by atoms with Gasteiger partial charge in [0.1, 0.15) is 0 Å². The summed E-state index contributed by atoms with van der Waals surface area (Å²) >= 11 is 0. The molecule has 1 heteroatoms. The molecule has 1 rings (SSSR count). The van der Waals surface area contributed by atoms with Crippen molar-refractivity contribution in [2.45, 2.75) is 40.0 Å². The van der Waals surface area contributed by atoms with E-state index in [0.717, 1.165) is 24.8 Å². The number of ketones is 1. The molecule has 1 aliphatic rings. The van der Waals surface area contributed by atoms with E-state index >= 15 is 0 Å². The predicted octanol–water partition coefficient (Wildman–Crippen LogP) is 2.71. The van der Waals surface area contributed by atoms with Crippen molar-refractivity contribution in [3.05, 3.63) is 11.1 Å². The van der Waals surface area contributed by atoms with E-state index in [1.54, 1.807) is 0 Å². The summed E-state index contributed by atoms with van der Waals surface area (Å²) in [6.07, 6.45) is 3.24. The highest BCUT2D eigenvalue weighted by Crippen LogP contribution is 2.27. The molecule has 1 atom stereocenters. The maximum atomic E-state index is 11.4. The number of carbonyl (C=O) groups excluding carboxylic acids is 1. The third kappa shape index (κ3) is 1.52. The van der Waals surface area contributed by atoms with Gasteiger partial charge in [0.2, 0.25) is 0 Å². The molecule has 0 aromatic heterocycles. The molecule has 0 saturated carbocycles. The average Bonchev–Trinajstić information content (AvgIpc) is 2.01. The minimum atomic E-state index is 0.269. The number of carbonyl (C=O) groups is 1. The minimum absolute atomic E-state index is 0.269. The fourth-order valence-corrected chi connectivity index (χ4v) is 1.70. The predicted molar refractivity (Wildman–Crippen MR) is 46.4 cm³/mol. The topological polar surface area (TPSA) is 17.1 Å². The van der Waals surface area contributed by atoms with Crippen LogP contribution < -0.4 is 0 Å². The molecule has 0 bridgehead atoms. The molecule has 0 N–H and O–H groups in total. The standard InChI is InChI=1S/C10H16O/c1-4-9-6-5-7(2)10(11)8(9)3/h7H,4-6H2,1-3H3. The molecule has 1 nitrogen and oxygen atoms in total. The lowest BCUT2D eigenvalue weighted by atomic mass is 9.83. The Balaban J connectivity index is 2.87. The minimum Gasteiger partial charge on any atom is -0.294 e. The highest BCUT2D eigenvalue weighted by Gasteiger charge is 2.21. The monoisotopic (exact) mass is 152 g/mol. The first-order valence-electron chi connectivity index (χ1n) is 4.39. The molecular weight excluding hydrogens is 136 g/mol. The van der Waals surface area contributed by atoms with Crippen LogP contribution in [-0.2, 0) is 4.79 Å². The van der Waals surface area contributed by atoms with Crippen LogP contribution in [0.3, 0.4) is 0 Å². The molecule has 0 aromatic carbocycles. The number of Topliss-reactive ketones (excluding diaryl/α,β-unsaturated/α-hetero) is 1. The zero-order valence-electron chi connectivity index (χ0n) is 7.61. The second-order valence-electron chi connectivity index (χ2n) is 3.39. The molecular formula is C10H16O. The van der Waals surface area contributed by atoms with Crippen molar-refractivity contribution in [3.8, 4) is 0 Å².